The van der Waals surface area contributed by atoms with E-state index in [9.17, 15) is 18.0 Å². The first-order chi connectivity index (χ1) is 16.7. The summed E-state index contributed by atoms with van der Waals surface area (Å²) in [4.78, 5) is 16.9. The van der Waals surface area contributed by atoms with Crippen LogP contribution in [0.3, 0.4) is 0 Å². The molecule has 1 aromatic heterocycles. The molecule has 3 aromatic rings. The van der Waals surface area contributed by atoms with E-state index < -0.39 is 18.3 Å². The average molecular weight is 524 g/mol. The molecule has 0 radical (unpaired) electrons. The summed E-state index contributed by atoms with van der Waals surface area (Å²) in [6.07, 6.45) is -4.83. The van der Waals surface area contributed by atoms with Crippen molar-refractivity contribution in [1.82, 2.24) is 14.7 Å². The Morgan fingerprint density at radius 3 is 2.34 bits per heavy atom. The van der Waals surface area contributed by atoms with Gasteiger partial charge in [0, 0.05) is 44.4 Å². The number of benzene rings is 2. The van der Waals surface area contributed by atoms with E-state index in [2.05, 4.69) is 15.3 Å². The summed E-state index contributed by atoms with van der Waals surface area (Å²) in [5.74, 6) is -0.241. The van der Waals surface area contributed by atoms with Gasteiger partial charge in [0.1, 0.15) is 5.82 Å². The predicted octanol–water partition coefficient (Wildman–Crippen LogP) is 5.81. The van der Waals surface area contributed by atoms with Crippen molar-refractivity contribution < 1.29 is 18.0 Å². The number of alkyl halides is 3. The van der Waals surface area contributed by atoms with Crippen molar-refractivity contribution >= 4 is 40.6 Å². The van der Waals surface area contributed by atoms with Crippen LogP contribution in [0, 0.1) is 0 Å². The van der Waals surface area contributed by atoms with E-state index in [1.54, 1.807) is 23.1 Å². The molecule has 3 heterocycles. The van der Waals surface area contributed by atoms with Gasteiger partial charge in [-0.05, 0) is 29.8 Å². The van der Waals surface area contributed by atoms with Gasteiger partial charge in [-0.1, -0.05) is 47.5 Å². The monoisotopic (exact) mass is 523 g/mol. The van der Waals surface area contributed by atoms with Crippen LogP contribution in [0.1, 0.15) is 34.6 Å². The lowest BCUT2D eigenvalue weighted by atomic mass is 9.97. The van der Waals surface area contributed by atoms with E-state index in [-0.39, 0.29) is 28.9 Å². The molecule has 2 atom stereocenters. The van der Waals surface area contributed by atoms with Crippen LogP contribution in [-0.2, 0) is 0 Å². The Morgan fingerprint density at radius 1 is 0.971 bits per heavy atom. The van der Waals surface area contributed by atoms with Gasteiger partial charge in [0.05, 0.1) is 16.1 Å². The van der Waals surface area contributed by atoms with E-state index in [0.717, 1.165) is 10.4 Å². The van der Waals surface area contributed by atoms with Crippen LogP contribution >= 0.6 is 23.2 Å². The standard InChI is InChI=1S/C24H22Cl2F3N5O/c25-17-7-6-15(12-18(17)26)19-13-21(24(27,28)29)34-22(30-19)14-20(31-34)23(35)33-10-8-32(9-11-33)16-4-2-1-3-5-16/h1-7,12,14,19,21,30H,8-11,13H2/t19-,21+/m1/s1. The van der Waals surface area contributed by atoms with Gasteiger partial charge in [-0.3, -0.25) is 4.79 Å². The molecule has 6 nitrogen and oxygen atoms in total. The fourth-order valence-electron chi connectivity index (χ4n) is 4.59. The minimum absolute atomic E-state index is 0.00954. The molecule has 0 spiro atoms. The second-order valence-electron chi connectivity index (χ2n) is 8.64. The number of nitrogens with zero attached hydrogens (tertiary/aromatic N) is 4. The first kappa shape index (κ1) is 23.8. The second-order valence-corrected chi connectivity index (χ2v) is 9.45. The third-order valence-corrected chi connectivity index (χ3v) is 7.18. The molecule has 1 fully saturated rings. The smallest absolute Gasteiger partial charge is 0.368 e. The zero-order valence-corrected chi connectivity index (χ0v) is 20.0. The van der Waals surface area contributed by atoms with Crippen molar-refractivity contribution in [1.29, 1.82) is 0 Å². The third kappa shape index (κ3) is 4.79. The number of carbonyl (C=O) groups excluding carboxylic acids is 1. The molecular weight excluding hydrogens is 502 g/mol. The number of fused-ring (bicyclic) bond motifs is 1. The molecule has 5 rings (SSSR count). The molecule has 0 aliphatic carbocycles. The van der Waals surface area contributed by atoms with E-state index in [1.165, 1.54) is 6.07 Å². The maximum Gasteiger partial charge on any atom is 0.410 e. The Bertz CT molecular complexity index is 1230. The Morgan fingerprint density at radius 2 is 1.69 bits per heavy atom. The third-order valence-electron chi connectivity index (χ3n) is 6.44. The number of piperazine rings is 1. The van der Waals surface area contributed by atoms with Crippen LogP contribution in [0.4, 0.5) is 24.7 Å². The van der Waals surface area contributed by atoms with E-state index >= 15 is 0 Å². The van der Waals surface area contributed by atoms with Crippen LogP contribution in [-0.4, -0.2) is 52.9 Å². The molecule has 1 N–H and O–H groups in total. The Balaban J connectivity index is 1.36. The largest absolute Gasteiger partial charge is 0.410 e. The number of aromatic nitrogens is 2. The molecule has 2 aromatic carbocycles. The van der Waals surface area contributed by atoms with Gasteiger partial charge in [-0.25, -0.2) is 4.68 Å². The molecular formula is C24H22Cl2F3N5O. The summed E-state index contributed by atoms with van der Waals surface area (Å²) in [5, 5.41) is 7.77. The highest BCUT2D eigenvalue weighted by Crippen LogP contribution is 2.44. The highest BCUT2D eigenvalue weighted by Gasteiger charge is 2.47. The number of rotatable bonds is 3. The number of halogens is 5. The maximum absolute atomic E-state index is 14.0. The summed E-state index contributed by atoms with van der Waals surface area (Å²) in [7, 11) is 0. The lowest BCUT2D eigenvalue weighted by Crippen LogP contribution is -2.49. The number of hydrogen-bond acceptors (Lipinski definition) is 4. The lowest BCUT2D eigenvalue weighted by Gasteiger charge is -2.35. The van der Waals surface area contributed by atoms with Gasteiger partial charge in [-0.2, -0.15) is 18.3 Å². The number of hydrogen-bond donors (Lipinski definition) is 1. The quantitative estimate of drug-likeness (QED) is 0.470. The first-order valence-corrected chi connectivity index (χ1v) is 11.9. The lowest BCUT2D eigenvalue weighted by molar-refractivity contribution is -0.173. The minimum Gasteiger partial charge on any atom is -0.368 e. The summed E-state index contributed by atoms with van der Waals surface area (Å²) in [6, 6.07) is 13.5. The van der Waals surface area contributed by atoms with Crippen molar-refractivity contribution in [3.05, 3.63) is 75.9 Å². The molecule has 35 heavy (non-hydrogen) atoms. The Labute approximate surface area is 210 Å². The first-order valence-electron chi connectivity index (χ1n) is 11.2. The molecule has 2 aliphatic heterocycles. The fraction of sp³-hybridized carbons (Fsp3) is 0.333. The minimum atomic E-state index is -4.54. The summed E-state index contributed by atoms with van der Waals surface area (Å²) in [6.45, 7) is 2.17. The molecule has 0 saturated carbocycles. The van der Waals surface area contributed by atoms with Gasteiger partial charge >= 0.3 is 6.18 Å². The van der Waals surface area contributed by atoms with Crippen LogP contribution in [0.5, 0.6) is 0 Å². The predicted molar refractivity (Wildman–Crippen MR) is 129 cm³/mol. The van der Waals surface area contributed by atoms with E-state index in [4.69, 9.17) is 23.2 Å². The van der Waals surface area contributed by atoms with Crippen molar-refractivity contribution in [3.63, 3.8) is 0 Å². The topological polar surface area (TPSA) is 53.4 Å². The molecule has 11 heteroatoms. The van der Waals surface area contributed by atoms with Crippen LogP contribution < -0.4 is 10.2 Å². The number of para-hydroxylation sites is 1. The van der Waals surface area contributed by atoms with Crippen molar-refractivity contribution in [2.75, 3.05) is 36.4 Å². The van der Waals surface area contributed by atoms with Crippen molar-refractivity contribution in [3.8, 4) is 0 Å². The van der Waals surface area contributed by atoms with Gasteiger partial charge in [0.2, 0.25) is 0 Å². The summed E-state index contributed by atoms with van der Waals surface area (Å²) < 4.78 is 42.8. The number of nitrogens with one attached hydrogen (secondary N) is 1. The van der Waals surface area contributed by atoms with Gasteiger partial charge in [0.15, 0.2) is 11.7 Å². The van der Waals surface area contributed by atoms with Crippen molar-refractivity contribution in [2.45, 2.75) is 24.7 Å². The van der Waals surface area contributed by atoms with E-state index in [1.807, 2.05) is 30.3 Å². The zero-order valence-electron chi connectivity index (χ0n) is 18.5. The van der Waals surface area contributed by atoms with Crippen LogP contribution in [0.15, 0.2) is 54.6 Å². The van der Waals surface area contributed by atoms with E-state index in [0.29, 0.717) is 36.8 Å². The second kappa shape index (κ2) is 9.28. The molecule has 0 unspecified atom stereocenters. The van der Waals surface area contributed by atoms with Crippen LogP contribution in [0.25, 0.3) is 0 Å². The molecule has 184 valence electrons. The molecule has 2 aliphatic rings. The Hall–Kier alpha value is -2.91. The summed E-state index contributed by atoms with van der Waals surface area (Å²) >= 11 is 12.1. The number of carbonyl (C=O) groups is 1. The zero-order chi connectivity index (χ0) is 24.7. The van der Waals surface area contributed by atoms with Gasteiger partial charge in [-0.15, -0.1) is 0 Å². The molecule has 1 amide bonds. The van der Waals surface area contributed by atoms with Gasteiger partial charge < -0.3 is 15.1 Å². The Kier molecular flexibility index (Phi) is 6.31. The normalized spacial score (nSPS) is 20.4. The highest BCUT2D eigenvalue weighted by atomic mass is 35.5. The van der Waals surface area contributed by atoms with Crippen LogP contribution in [0.2, 0.25) is 10.0 Å². The SMILES string of the molecule is O=C(c1cc2n(n1)[C@H](C(F)(F)F)C[C@H](c1ccc(Cl)c(Cl)c1)N2)N1CCN(c2ccccc2)CC1. The average Bonchev–Trinajstić information content (AvgIpc) is 3.29. The van der Waals surface area contributed by atoms with Crippen molar-refractivity contribution in [2.24, 2.45) is 0 Å². The number of amides is 1. The molecule has 0 bridgehead atoms. The number of anilines is 2. The van der Waals surface area contributed by atoms with Gasteiger partial charge in [0.25, 0.3) is 5.91 Å². The molecule has 1 saturated heterocycles. The highest BCUT2D eigenvalue weighted by molar-refractivity contribution is 6.42. The summed E-state index contributed by atoms with van der Waals surface area (Å²) in [5.41, 5.74) is 1.64. The maximum atomic E-state index is 14.0. The fourth-order valence-corrected chi connectivity index (χ4v) is 4.90.